The number of aromatic nitrogens is 2. The molecule has 5 nitrogen and oxygen atoms in total. The van der Waals surface area contributed by atoms with Gasteiger partial charge in [0.1, 0.15) is 17.2 Å². The van der Waals surface area contributed by atoms with E-state index in [1.807, 2.05) is 72.8 Å². The fourth-order valence-electron chi connectivity index (χ4n) is 3.21. The van der Waals surface area contributed by atoms with Gasteiger partial charge in [0.2, 0.25) is 5.55 Å². The molecule has 0 saturated heterocycles. The van der Waals surface area contributed by atoms with Crippen molar-refractivity contribution in [3.63, 3.8) is 0 Å². The van der Waals surface area contributed by atoms with Crippen molar-refractivity contribution in [2.45, 2.75) is 0 Å². The summed E-state index contributed by atoms with van der Waals surface area (Å²) in [4.78, 5) is 12.8. The summed E-state index contributed by atoms with van der Waals surface area (Å²) < 4.78 is 12.4. The Bertz CT molecular complexity index is 1370. The lowest BCUT2D eigenvalue weighted by molar-refractivity contribution is 0.415. The van der Waals surface area contributed by atoms with Gasteiger partial charge >= 0.3 is 0 Å². The Morgan fingerprint density at radius 3 is 2.62 bits per heavy atom. The molecule has 3 aromatic carbocycles. The second kappa shape index (κ2) is 7.22. The highest BCUT2D eigenvalue weighted by atomic mass is 79.9. The number of nitrogens with one attached hydrogen (secondary N) is 1. The van der Waals surface area contributed by atoms with Gasteiger partial charge in [-0.3, -0.25) is 0 Å². The molecule has 29 heavy (non-hydrogen) atoms. The van der Waals surface area contributed by atoms with Crippen molar-refractivity contribution in [3.05, 3.63) is 82.8 Å². The van der Waals surface area contributed by atoms with Crippen molar-refractivity contribution in [1.29, 1.82) is 0 Å². The third-order valence-electron chi connectivity index (χ3n) is 4.66. The highest BCUT2D eigenvalue weighted by Crippen LogP contribution is 2.25. The van der Waals surface area contributed by atoms with Gasteiger partial charge < -0.3 is 14.1 Å². The van der Waals surface area contributed by atoms with E-state index in [4.69, 9.17) is 19.1 Å². The number of halogens is 1. The monoisotopic (exact) mass is 445 g/mol. The Balaban J connectivity index is 1.77. The zero-order chi connectivity index (χ0) is 19.8. The third kappa shape index (κ3) is 3.43. The minimum Gasteiger partial charge on any atom is -0.497 e. The maximum atomic E-state index is 6.18. The lowest BCUT2D eigenvalue weighted by Gasteiger charge is -2.04. The fraction of sp³-hybridized carbons (Fsp3) is 0.0435. The number of H-pyrrole nitrogens is 1. The lowest BCUT2D eigenvalue weighted by atomic mass is 10.2. The Morgan fingerprint density at radius 1 is 1.00 bits per heavy atom. The van der Waals surface area contributed by atoms with E-state index >= 15 is 0 Å². The zero-order valence-corrected chi connectivity index (χ0v) is 17.1. The fourth-order valence-corrected chi connectivity index (χ4v) is 3.59. The molecule has 0 saturated carbocycles. The molecule has 5 aromatic rings. The van der Waals surface area contributed by atoms with E-state index in [0.717, 1.165) is 43.5 Å². The molecule has 0 aliphatic carbocycles. The van der Waals surface area contributed by atoms with Crippen LogP contribution in [0.1, 0.15) is 0 Å². The molecule has 5 rings (SSSR count). The quantitative estimate of drug-likeness (QED) is 0.371. The van der Waals surface area contributed by atoms with Crippen molar-refractivity contribution < 1.29 is 9.15 Å². The summed E-state index contributed by atoms with van der Waals surface area (Å²) in [6, 6.07) is 23.4. The number of benzene rings is 3. The van der Waals surface area contributed by atoms with Crippen LogP contribution in [0.4, 0.5) is 5.69 Å². The maximum Gasteiger partial charge on any atom is 0.230 e. The van der Waals surface area contributed by atoms with E-state index in [1.165, 1.54) is 0 Å². The molecule has 6 heteroatoms. The third-order valence-corrected chi connectivity index (χ3v) is 5.15. The van der Waals surface area contributed by atoms with Crippen molar-refractivity contribution in [1.82, 2.24) is 9.97 Å². The smallest absolute Gasteiger partial charge is 0.230 e. The van der Waals surface area contributed by atoms with Gasteiger partial charge in [0.15, 0.2) is 0 Å². The first-order chi connectivity index (χ1) is 14.2. The Labute approximate surface area is 174 Å². The second-order valence-corrected chi connectivity index (χ2v) is 7.48. The summed E-state index contributed by atoms with van der Waals surface area (Å²) in [5, 5.41) is 0.962. The molecular formula is C23H16BrN3O2. The molecule has 0 fully saturated rings. The van der Waals surface area contributed by atoms with Gasteiger partial charge in [-0.25, -0.2) is 9.98 Å². The van der Waals surface area contributed by atoms with E-state index in [-0.39, 0.29) is 0 Å². The van der Waals surface area contributed by atoms with Crippen LogP contribution >= 0.6 is 15.9 Å². The molecule has 0 spiro atoms. The average Bonchev–Trinajstić information content (AvgIpc) is 3.18. The molecule has 142 valence electrons. The number of methoxy groups -OCH3 is 1. The number of hydrogen-bond donors (Lipinski definition) is 1. The molecule has 0 aliphatic heterocycles. The molecule has 0 aliphatic rings. The number of fused-ring (bicyclic) bond motifs is 2. The summed E-state index contributed by atoms with van der Waals surface area (Å²) in [5.74, 6) is 1.49. The van der Waals surface area contributed by atoms with Crippen LogP contribution in [-0.2, 0) is 0 Å². The summed E-state index contributed by atoms with van der Waals surface area (Å²) in [6.45, 7) is 0. The SMILES string of the molecule is COc1ccc(N=c2oc3ccc(Br)cc3cc2-c2nc3ccccc3[nH]2)cc1. The second-order valence-electron chi connectivity index (χ2n) is 6.56. The first-order valence-corrected chi connectivity index (χ1v) is 9.86. The van der Waals surface area contributed by atoms with Gasteiger partial charge in [-0.15, -0.1) is 0 Å². The highest BCUT2D eigenvalue weighted by Gasteiger charge is 2.12. The van der Waals surface area contributed by atoms with Crippen LogP contribution in [0.15, 0.2) is 86.7 Å². The molecule has 2 heterocycles. The van der Waals surface area contributed by atoms with Crippen LogP contribution in [0, 0.1) is 0 Å². The van der Waals surface area contributed by atoms with Gasteiger partial charge in [-0.1, -0.05) is 28.1 Å². The number of rotatable bonds is 3. The summed E-state index contributed by atoms with van der Waals surface area (Å²) in [7, 11) is 1.64. The highest BCUT2D eigenvalue weighted by molar-refractivity contribution is 9.10. The number of para-hydroxylation sites is 2. The van der Waals surface area contributed by atoms with Crippen LogP contribution in [0.3, 0.4) is 0 Å². The molecule has 1 N–H and O–H groups in total. The minimum absolute atomic E-state index is 0.490. The van der Waals surface area contributed by atoms with E-state index in [9.17, 15) is 0 Å². The lowest BCUT2D eigenvalue weighted by Crippen LogP contribution is -2.06. The minimum atomic E-state index is 0.490. The zero-order valence-electron chi connectivity index (χ0n) is 15.5. The number of nitrogens with zero attached hydrogens (tertiary/aromatic N) is 2. The van der Waals surface area contributed by atoms with Crippen molar-refractivity contribution in [3.8, 4) is 17.1 Å². The molecule has 2 aromatic heterocycles. The first kappa shape index (κ1) is 17.7. The van der Waals surface area contributed by atoms with Crippen LogP contribution in [-0.4, -0.2) is 17.1 Å². The van der Waals surface area contributed by atoms with E-state index in [0.29, 0.717) is 11.4 Å². The van der Waals surface area contributed by atoms with Gasteiger partial charge in [0.05, 0.1) is 29.4 Å². The van der Waals surface area contributed by atoms with E-state index < -0.39 is 0 Å². The Morgan fingerprint density at radius 2 is 1.83 bits per heavy atom. The van der Waals surface area contributed by atoms with Crippen molar-refractivity contribution in [2.24, 2.45) is 4.99 Å². The Hall–Kier alpha value is -3.38. The van der Waals surface area contributed by atoms with Crippen LogP contribution in [0.5, 0.6) is 5.75 Å². The normalized spacial score (nSPS) is 12.0. The summed E-state index contributed by atoms with van der Waals surface area (Å²) in [6.07, 6.45) is 0. The van der Waals surface area contributed by atoms with Crippen molar-refractivity contribution in [2.75, 3.05) is 7.11 Å². The molecular weight excluding hydrogens is 430 g/mol. The van der Waals surface area contributed by atoms with Crippen LogP contribution in [0.2, 0.25) is 0 Å². The molecule has 0 radical (unpaired) electrons. The van der Waals surface area contributed by atoms with Gasteiger partial charge in [0, 0.05) is 9.86 Å². The predicted octanol–water partition coefficient (Wildman–Crippen LogP) is 5.98. The number of ether oxygens (including phenoxy) is 1. The molecule has 0 atom stereocenters. The average molecular weight is 446 g/mol. The maximum absolute atomic E-state index is 6.18. The standard InChI is InChI=1S/C23H16BrN3O2/c1-28-17-9-7-16(8-10-17)25-23-18(13-14-12-15(24)6-11-21(14)29-23)22-26-19-4-2-3-5-20(19)27-22/h2-13H,1H3,(H,26,27). The number of imidazole rings is 1. The first-order valence-electron chi connectivity index (χ1n) is 9.07. The van der Waals surface area contributed by atoms with Gasteiger partial charge in [0.25, 0.3) is 0 Å². The topological polar surface area (TPSA) is 63.4 Å². The van der Waals surface area contributed by atoms with Gasteiger partial charge in [-0.2, -0.15) is 0 Å². The molecule has 0 bridgehead atoms. The van der Waals surface area contributed by atoms with Crippen LogP contribution < -0.4 is 10.3 Å². The number of aromatic amines is 1. The number of hydrogen-bond acceptors (Lipinski definition) is 4. The molecule has 0 unspecified atom stereocenters. The molecule has 0 amide bonds. The van der Waals surface area contributed by atoms with E-state index in [1.54, 1.807) is 7.11 Å². The largest absolute Gasteiger partial charge is 0.497 e. The van der Waals surface area contributed by atoms with Crippen LogP contribution in [0.25, 0.3) is 33.4 Å². The Kier molecular flexibility index (Phi) is 4.41. The summed E-state index contributed by atoms with van der Waals surface area (Å²) >= 11 is 3.53. The van der Waals surface area contributed by atoms with Gasteiger partial charge in [-0.05, 0) is 60.7 Å². The summed E-state index contributed by atoms with van der Waals surface area (Å²) in [5.41, 5.74) is 4.66. The van der Waals surface area contributed by atoms with Crippen molar-refractivity contribution >= 4 is 43.6 Å². The van der Waals surface area contributed by atoms with E-state index in [2.05, 4.69) is 20.9 Å². The predicted molar refractivity (Wildman–Crippen MR) is 117 cm³/mol.